The van der Waals surface area contributed by atoms with Crippen molar-refractivity contribution in [2.75, 3.05) is 0 Å². The van der Waals surface area contributed by atoms with Gasteiger partial charge in [0.2, 0.25) is 0 Å². The van der Waals surface area contributed by atoms with Crippen molar-refractivity contribution in [3.63, 3.8) is 0 Å². The molecule has 0 aliphatic carbocycles. The number of nitrogens with two attached hydrogens (primary N) is 2. The van der Waals surface area contributed by atoms with Gasteiger partial charge in [0, 0.05) is 45.9 Å². The number of carbonyl (C=O) groups is 1. The molecule has 0 spiro atoms. The van der Waals surface area contributed by atoms with Gasteiger partial charge in [-0.05, 0) is 0 Å². The van der Waals surface area contributed by atoms with E-state index in [-0.39, 0.29) is 44.9 Å². The van der Waals surface area contributed by atoms with Crippen LogP contribution in [0.3, 0.4) is 0 Å². The molecule has 0 aliphatic heterocycles. The summed E-state index contributed by atoms with van der Waals surface area (Å²) < 4.78 is 0. The molecule has 0 aliphatic rings. The number of carboxylic acids is 1. The Balaban J connectivity index is -0.0000000300. The molecule has 0 aromatic rings. The Bertz CT molecular complexity index is 77.7. The molecule has 10 heavy (non-hydrogen) atoms. The number of rotatable bonds is 0. The van der Waals surface area contributed by atoms with E-state index in [1.54, 1.807) is 0 Å². The third kappa shape index (κ3) is 2220000. The number of carboxylic acid groups (broad SMARTS) is 1. The van der Waals surface area contributed by atoms with Gasteiger partial charge >= 0.3 is 0 Å². The van der Waals surface area contributed by atoms with E-state index in [9.17, 15) is 0 Å². The van der Waals surface area contributed by atoms with Crippen molar-refractivity contribution in [2.24, 2.45) is 11.5 Å². The van der Waals surface area contributed by atoms with Crippen LogP contribution in [0.5, 0.6) is 0 Å². The number of hydrogen-bond donors (Lipinski definition) is 4. The van der Waals surface area contributed by atoms with Crippen molar-refractivity contribution in [2.45, 2.75) is 6.92 Å². The van der Waals surface area contributed by atoms with Gasteiger partial charge in [0.15, 0.2) is 5.96 Å². The maximum Gasteiger partial charge on any atom is 0.300 e. The zero-order valence-corrected chi connectivity index (χ0v) is 8.45. The van der Waals surface area contributed by atoms with Crippen molar-refractivity contribution in [1.29, 1.82) is 5.41 Å². The summed E-state index contributed by atoms with van der Waals surface area (Å²) in [4.78, 5) is 9.00. The number of aliphatic carboxylic acids is 1. The van der Waals surface area contributed by atoms with Crippen molar-refractivity contribution in [3.05, 3.63) is 0 Å². The second kappa shape index (κ2) is 16.0. The Labute approximate surface area is 84.6 Å². The second-order valence-corrected chi connectivity index (χ2v) is 0.974. The molecule has 0 saturated heterocycles. The molecule has 6 N–H and O–H groups in total. The van der Waals surface area contributed by atoms with Crippen LogP contribution < -0.4 is 11.5 Å². The molecule has 7 heteroatoms. The molecule has 0 fully saturated rings. The molecule has 0 aromatic heterocycles. The minimum atomic E-state index is -0.833. The molecule has 5 nitrogen and oxygen atoms in total. The second-order valence-electron chi connectivity index (χ2n) is 0.974. The first-order valence-electron chi connectivity index (χ1n) is 1.76. The SMILES string of the molecule is CC(=O)O.N=C(N)N.[Rh].[Rh]. The molecule has 0 bridgehead atoms. The maximum atomic E-state index is 9.00. The van der Waals surface area contributed by atoms with E-state index in [2.05, 4.69) is 11.5 Å². The van der Waals surface area contributed by atoms with Gasteiger partial charge in [-0.1, -0.05) is 0 Å². The fourth-order valence-electron chi connectivity index (χ4n) is 0. The van der Waals surface area contributed by atoms with Gasteiger partial charge in [-0.25, -0.2) is 0 Å². The Hall–Kier alpha value is -0.0132. The van der Waals surface area contributed by atoms with Crippen molar-refractivity contribution in [3.8, 4) is 0 Å². The molecule has 0 atom stereocenters. The predicted molar refractivity (Wildman–Crippen MR) is 29.4 cm³/mol. The van der Waals surface area contributed by atoms with Gasteiger partial charge in [0.25, 0.3) is 5.97 Å². The normalized spacial score (nSPS) is 4.90. The standard InChI is InChI=1S/C2H4O2.CH5N3.2Rh/c1-2(3)4;2-1(3)4;;/h1H3,(H,3,4);(H5,2,3,4);;. The van der Waals surface area contributed by atoms with E-state index in [0.717, 1.165) is 6.92 Å². The van der Waals surface area contributed by atoms with Gasteiger partial charge in [-0.2, -0.15) is 0 Å². The van der Waals surface area contributed by atoms with Gasteiger partial charge in [-0.3, -0.25) is 10.2 Å². The maximum absolute atomic E-state index is 9.00. The summed E-state index contributed by atoms with van der Waals surface area (Å²) in [5.41, 5.74) is 8.94. The molecule has 0 saturated carbocycles. The van der Waals surface area contributed by atoms with E-state index in [4.69, 9.17) is 15.3 Å². The van der Waals surface area contributed by atoms with Crippen LogP contribution in [0.4, 0.5) is 0 Å². The Morgan fingerprint density at radius 1 is 1.40 bits per heavy atom. The minimum Gasteiger partial charge on any atom is -0.481 e. The number of guanidine groups is 1. The monoisotopic (exact) mass is 325 g/mol. The number of hydrogen-bond acceptors (Lipinski definition) is 2. The van der Waals surface area contributed by atoms with Crippen molar-refractivity contribution >= 4 is 11.9 Å². The van der Waals surface area contributed by atoms with Crippen LogP contribution in [0.25, 0.3) is 0 Å². The zero-order chi connectivity index (χ0) is 7.15. The zero-order valence-electron chi connectivity index (χ0n) is 5.18. The first-order chi connectivity index (χ1) is 3.46. The fourth-order valence-corrected chi connectivity index (χ4v) is 0. The Morgan fingerprint density at radius 2 is 1.40 bits per heavy atom. The topological polar surface area (TPSA) is 113 Å². The molecule has 2 radical (unpaired) electrons. The van der Waals surface area contributed by atoms with Gasteiger partial charge in [0.05, 0.1) is 0 Å². The van der Waals surface area contributed by atoms with Crippen molar-refractivity contribution < 1.29 is 48.9 Å². The molecule has 0 heterocycles. The van der Waals surface area contributed by atoms with Gasteiger partial charge < -0.3 is 16.6 Å². The first-order valence-corrected chi connectivity index (χ1v) is 1.76. The van der Waals surface area contributed by atoms with Crippen LogP contribution in [0.15, 0.2) is 0 Å². The summed E-state index contributed by atoms with van der Waals surface area (Å²) in [6, 6.07) is 0. The van der Waals surface area contributed by atoms with Crippen LogP contribution in [-0.4, -0.2) is 17.0 Å². The van der Waals surface area contributed by atoms with Crippen LogP contribution in [0.1, 0.15) is 6.92 Å². The summed E-state index contributed by atoms with van der Waals surface area (Å²) in [5.74, 6) is -1.17. The Morgan fingerprint density at radius 3 is 1.40 bits per heavy atom. The average Bonchev–Trinajstić information content (AvgIpc) is 1.25. The third-order valence-corrected chi connectivity index (χ3v) is 0. The largest absolute Gasteiger partial charge is 0.481 e. The molecule has 0 rings (SSSR count). The van der Waals surface area contributed by atoms with Crippen LogP contribution in [0.2, 0.25) is 0 Å². The summed E-state index contributed by atoms with van der Waals surface area (Å²) in [6.45, 7) is 1.08. The molecular formula is C3H9N3O2Rh2. The van der Waals surface area contributed by atoms with Crippen LogP contribution in [-0.2, 0) is 43.8 Å². The average molecular weight is 325 g/mol. The van der Waals surface area contributed by atoms with Crippen LogP contribution >= 0.6 is 0 Å². The van der Waals surface area contributed by atoms with Gasteiger partial charge in [0.1, 0.15) is 0 Å². The third-order valence-electron chi connectivity index (χ3n) is 0. The molecule has 66 valence electrons. The smallest absolute Gasteiger partial charge is 0.300 e. The molecule has 0 aromatic carbocycles. The van der Waals surface area contributed by atoms with E-state index in [1.807, 2.05) is 0 Å². The fraction of sp³-hybridized carbons (Fsp3) is 0.333. The molecular weight excluding hydrogens is 316 g/mol. The van der Waals surface area contributed by atoms with Crippen molar-refractivity contribution in [1.82, 2.24) is 0 Å². The van der Waals surface area contributed by atoms with Gasteiger partial charge in [-0.15, -0.1) is 0 Å². The molecule has 0 unspecified atom stereocenters. The Kier molecular flexibility index (Phi) is 36.0. The first kappa shape index (κ1) is 22.5. The van der Waals surface area contributed by atoms with Crippen LogP contribution in [0, 0.1) is 5.41 Å². The van der Waals surface area contributed by atoms with E-state index in [1.165, 1.54) is 0 Å². The van der Waals surface area contributed by atoms with E-state index >= 15 is 0 Å². The van der Waals surface area contributed by atoms with E-state index < -0.39 is 5.97 Å². The van der Waals surface area contributed by atoms with E-state index in [0.29, 0.717) is 0 Å². The minimum absolute atomic E-state index is 0. The summed E-state index contributed by atoms with van der Waals surface area (Å²) in [5, 5.41) is 13.5. The molecule has 0 amide bonds. The number of nitrogens with one attached hydrogen (secondary N) is 1. The summed E-state index contributed by atoms with van der Waals surface area (Å²) in [6.07, 6.45) is 0. The predicted octanol–water partition coefficient (Wildman–Crippen LogP) is -1.08. The quantitative estimate of drug-likeness (QED) is 0.258. The summed E-state index contributed by atoms with van der Waals surface area (Å²) >= 11 is 0. The summed E-state index contributed by atoms with van der Waals surface area (Å²) in [7, 11) is 0.